The summed E-state index contributed by atoms with van der Waals surface area (Å²) in [5.74, 6) is 0.668. The van der Waals surface area contributed by atoms with Gasteiger partial charge in [-0.2, -0.15) is 4.68 Å². The van der Waals surface area contributed by atoms with Gasteiger partial charge >= 0.3 is 0 Å². The second-order valence-corrected chi connectivity index (χ2v) is 8.27. The Balaban J connectivity index is 1.34. The van der Waals surface area contributed by atoms with E-state index in [-0.39, 0.29) is 12.5 Å². The zero-order valence-corrected chi connectivity index (χ0v) is 18.8. The molecule has 1 amide bonds. The lowest BCUT2D eigenvalue weighted by atomic mass is 10.0. The lowest BCUT2D eigenvalue weighted by Crippen LogP contribution is -2.27. The summed E-state index contributed by atoms with van der Waals surface area (Å²) in [6, 6.07) is 25.7. The van der Waals surface area contributed by atoms with Gasteiger partial charge in [0.05, 0.1) is 11.4 Å². The first-order valence-corrected chi connectivity index (χ1v) is 11.4. The largest absolute Gasteiger partial charge is 0.283 e. The van der Waals surface area contributed by atoms with Crippen molar-refractivity contribution in [1.29, 1.82) is 0 Å². The van der Waals surface area contributed by atoms with Crippen molar-refractivity contribution >= 4 is 34.3 Å². The van der Waals surface area contributed by atoms with Gasteiger partial charge in [-0.15, -0.1) is 5.10 Å². The van der Waals surface area contributed by atoms with Crippen molar-refractivity contribution in [3.63, 3.8) is 0 Å². The maximum atomic E-state index is 13.2. The van der Waals surface area contributed by atoms with Gasteiger partial charge in [-0.05, 0) is 58.6 Å². The summed E-state index contributed by atoms with van der Waals surface area (Å²) in [6.07, 6.45) is 4.97. The number of hydrogen-bond acceptors (Lipinski definition) is 6. The number of fused-ring (bicyclic) bond motifs is 3. The van der Waals surface area contributed by atoms with Crippen LogP contribution in [-0.4, -0.2) is 43.9 Å². The molecule has 5 aromatic rings. The first-order valence-electron chi connectivity index (χ1n) is 11.4. The molecule has 8 heteroatoms. The third-order valence-electron chi connectivity index (χ3n) is 6.08. The van der Waals surface area contributed by atoms with Crippen LogP contribution in [0, 0.1) is 0 Å². The van der Waals surface area contributed by atoms with E-state index in [1.165, 1.54) is 0 Å². The zero-order chi connectivity index (χ0) is 23.6. The van der Waals surface area contributed by atoms with Crippen molar-refractivity contribution in [3.05, 3.63) is 102 Å². The number of aromatic nitrogens is 5. The van der Waals surface area contributed by atoms with Crippen molar-refractivity contribution in [2.24, 2.45) is 4.99 Å². The molecular formula is C27H21N7O. The molecule has 0 saturated carbocycles. The lowest BCUT2D eigenvalue weighted by molar-refractivity contribution is -0.116. The molecule has 0 unspecified atom stereocenters. The highest BCUT2D eigenvalue weighted by molar-refractivity contribution is 6.15. The number of aryl methyl sites for hydroxylation is 2. The zero-order valence-electron chi connectivity index (χ0n) is 18.8. The molecule has 1 aliphatic rings. The third-order valence-corrected chi connectivity index (χ3v) is 6.08. The highest BCUT2D eigenvalue weighted by atomic mass is 16.2. The maximum Gasteiger partial charge on any atom is 0.253 e. The Morgan fingerprint density at radius 1 is 0.829 bits per heavy atom. The molecule has 2 aromatic heterocycles. The first kappa shape index (κ1) is 20.9. The van der Waals surface area contributed by atoms with Crippen LogP contribution in [0.4, 0.5) is 11.4 Å². The minimum absolute atomic E-state index is 0.0809. The molecule has 0 saturated heterocycles. The first-order chi connectivity index (χ1) is 17.3. The topological polar surface area (TPSA) is 89.2 Å². The predicted octanol–water partition coefficient (Wildman–Crippen LogP) is 4.09. The average molecular weight is 460 g/mol. The van der Waals surface area contributed by atoms with E-state index < -0.39 is 0 Å². The minimum Gasteiger partial charge on any atom is -0.283 e. The normalized spacial score (nSPS) is 13.1. The average Bonchev–Trinajstić information content (AvgIpc) is 3.31. The lowest BCUT2D eigenvalue weighted by Gasteiger charge is -2.24. The second kappa shape index (κ2) is 8.90. The molecule has 170 valence electrons. The smallest absolute Gasteiger partial charge is 0.253 e. The Morgan fingerprint density at radius 2 is 1.66 bits per heavy atom. The molecule has 0 N–H and O–H groups in total. The van der Waals surface area contributed by atoms with Crippen LogP contribution in [0.2, 0.25) is 0 Å². The van der Waals surface area contributed by atoms with Crippen LogP contribution in [0.3, 0.4) is 0 Å². The van der Waals surface area contributed by atoms with Crippen molar-refractivity contribution in [1.82, 2.24) is 25.2 Å². The van der Waals surface area contributed by atoms with Crippen molar-refractivity contribution in [3.8, 4) is 5.69 Å². The summed E-state index contributed by atoms with van der Waals surface area (Å²) in [4.78, 5) is 23.6. The number of nitrogens with zero attached hydrogens (tertiary/aromatic N) is 7. The quantitative estimate of drug-likeness (QED) is 0.395. The van der Waals surface area contributed by atoms with Gasteiger partial charge in [-0.3, -0.25) is 19.7 Å². The summed E-state index contributed by atoms with van der Waals surface area (Å²) in [5, 5.41) is 14.3. The molecule has 8 nitrogen and oxygen atoms in total. The highest BCUT2D eigenvalue weighted by Gasteiger charge is 2.24. The molecule has 0 atom stereocenters. The molecule has 3 aromatic carbocycles. The fraction of sp³-hybridized carbons (Fsp3) is 0.111. The number of pyridine rings is 1. The Labute approximate surface area is 201 Å². The molecule has 35 heavy (non-hydrogen) atoms. The fourth-order valence-corrected chi connectivity index (χ4v) is 4.41. The molecule has 0 bridgehead atoms. The molecule has 0 aliphatic carbocycles. The highest BCUT2D eigenvalue weighted by Crippen LogP contribution is 2.36. The van der Waals surface area contributed by atoms with E-state index in [9.17, 15) is 4.79 Å². The number of anilines is 2. The fourth-order valence-electron chi connectivity index (χ4n) is 4.41. The molecule has 1 aliphatic heterocycles. The van der Waals surface area contributed by atoms with Gasteiger partial charge in [0.25, 0.3) is 5.91 Å². The number of tetrazole rings is 1. The molecule has 0 spiro atoms. The Morgan fingerprint density at radius 3 is 2.51 bits per heavy atom. The molecule has 0 fully saturated rings. The predicted molar refractivity (Wildman–Crippen MR) is 134 cm³/mol. The number of rotatable bonds is 5. The van der Waals surface area contributed by atoms with Crippen LogP contribution < -0.4 is 4.90 Å². The van der Waals surface area contributed by atoms with E-state index in [2.05, 4.69) is 31.6 Å². The van der Waals surface area contributed by atoms with Crippen LogP contribution in [-0.2, 0) is 17.6 Å². The standard InChI is InChI=1S/C27H21N7O/c35-26-18-28-17-20-9-8-19-5-1-2-7-24(19)27(20)33(26)22-11-13-23(14-12-22)34-25(30-31-32-34)15-10-21-6-3-4-16-29-21/h1-9,11-14,16-17H,10,15,18H2. The van der Waals surface area contributed by atoms with Gasteiger partial charge in [0.2, 0.25) is 0 Å². The van der Waals surface area contributed by atoms with E-state index in [1.807, 2.05) is 72.8 Å². The molecular weight excluding hydrogens is 438 g/mol. The number of carbonyl (C=O) groups excluding carboxylic acids is 1. The van der Waals surface area contributed by atoms with Gasteiger partial charge < -0.3 is 0 Å². The molecule has 0 radical (unpaired) electrons. The van der Waals surface area contributed by atoms with E-state index in [0.29, 0.717) is 6.42 Å². The van der Waals surface area contributed by atoms with E-state index >= 15 is 0 Å². The van der Waals surface area contributed by atoms with E-state index in [1.54, 1.807) is 22.0 Å². The maximum absolute atomic E-state index is 13.2. The third kappa shape index (κ3) is 3.95. The van der Waals surface area contributed by atoms with Gasteiger partial charge in [0.15, 0.2) is 5.82 Å². The van der Waals surface area contributed by atoms with Gasteiger partial charge in [0, 0.05) is 41.2 Å². The van der Waals surface area contributed by atoms with Crippen LogP contribution in [0.25, 0.3) is 16.5 Å². The second-order valence-electron chi connectivity index (χ2n) is 8.27. The Kier molecular flexibility index (Phi) is 5.31. The van der Waals surface area contributed by atoms with Gasteiger partial charge in [-0.25, -0.2) is 0 Å². The van der Waals surface area contributed by atoms with Gasteiger partial charge in [0.1, 0.15) is 6.54 Å². The Bertz CT molecular complexity index is 1540. The van der Waals surface area contributed by atoms with Crippen LogP contribution >= 0.6 is 0 Å². The number of amides is 1. The molecule has 6 rings (SSSR count). The van der Waals surface area contributed by atoms with Crippen molar-refractivity contribution in [2.75, 3.05) is 11.4 Å². The van der Waals surface area contributed by atoms with Gasteiger partial charge in [-0.1, -0.05) is 42.5 Å². The Hall–Kier alpha value is -4.72. The van der Waals surface area contributed by atoms with E-state index in [4.69, 9.17) is 0 Å². The summed E-state index contributed by atoms with van der Waals surface area (Å²) in [7, 11) is 0. The summed E-state index contributed by atoms with van der Waals surface area (Å²) < 4.78 is 1.73. The SMILES string of the molecule is O=C1CN=Cc2ccc3ccccc3c2N1c1ccc(-n2nnnc2CCc2ccccn2)cc1. The number of aliphatic imine (C=N–C) groups is 1. The minimum atomic E-state index is -0.0809. The van der Waals surface area contributed by atoms with Crippen LogP contribution in [0.5, 0.6) is 0 Å². The summed E-state index contributed by atoms with van der Waals surface area (Å²) in [5.41, 5.74) is 4.35. The van der Waals surface area contributed by atoms with Crippen LogP contribution in [0.1, 0.15) is 17.1 Å². The van der Waals surface area contributed by atoms with Crippen molar-refractivity contribution in [2.45, 2.75) is 12.8 Å². The number of carbonyl (C=O) groups is 1. The monoisotopic (exact) mass is 459 g/mol. The van der Waals surface area contributed by atoms with E-state index in [0.717, 1.165) is 51.3 Å². The molecule has 3 heterocycles. The number of benzene rings is 3. The summed E-state index contributed by atoms with van der Waals surface area (Å²) in [6.45, 7) is 0.0927. The summed E-state index contributed by atoms with van der Waals surface area (Å²) >= 11 is 0. The number of hydrogen-bond donors (Lipinski definition) is 0. The van der Waals surface area contributed by atoms with Crippen LogP contribution in [0.15, 0.2) is 90.1 Å². The van der Waals surface area contributed by atoms with Crippen molar-refractivity contribution < 1.29 is 4.79 Å².